The summed E-state index contributed by atoms with van der Waals surface area (Å²) in [4.78, 5) is 0. The second-order valence-corrected chi connectivity index (χ2v) is 5.74. The van der Waals surface area contributed by atoms with E-state index in [1.165, 1.54) is 0 Å². The molecule has 0 aliphatic carbocycles. The summed E-state index contributed by atoms with van der Waals surface area (Å²) >= 11 is 0. The van der Waals surface area contributed by atoms with Gasteiger partial charge in [-0.15, -0.1) is 0 Å². The van der Waals surface area contributed by atoms with Crippen molar-refractivity contribution in [2.24, 2.45) is 0 Å². The lowest BCUT2D eigenvalue weighted by Gasteiger charge is -2.15. The molecule has 0 spiro atoms. The fourth-order valence-electron chi connectivity index (χ4n) is 1.55. The second-order valence-electron chi connectivity index (χ2n) is 4.14. The van der Waals surface area contributed by atoms with Crippen molar-refractivity contribution in [1.29, 1.82) is 0 Å². The van der Waals surface area contributed by atoms with Crippen LogP contribution in [0.1, 0.15) is 18.1 Å². The van der Waals surface area contributed by atoms with Gasteiger partial charge in [0.25, 0.3) is 10.1 Å². The minimum Gasteiger partial charge on any atom is -0.490 e. The molecular formula is C12H18O4S. The van der Waals surface area contributed by atoms with E-state index in [4.69, 9.17) is 8.92 Å². The maximum Gasteiger partial charge on any atom is 0.264 e. The molecule has 0 aliphatic rings. The first-order valence-corrected chi connectivity index (χ1v) is 7.18. The standard InChI is InChI=1S/C12H18O4S/c1-9-6-5-7-10(2)12(9)15-8-11(3)16-17(4,13)14/h5-7,11H,8H2,1-4H3. The van der Waals surface area contributed by atoms with Crippen LogP contribution in [0.5, 0.6) is 5.75 Å². The van der Waals surface area contributed by atoms with Crippen LogP contribution >= 0.6 is 0 Å². The molecule has 17 heavy (non-hydrogen) atoms. The second kappa shape index (κ2) is 5.51. The average Bonchev–Trinajstić information content (AvgIpc) is 2.14. The van der Waals surface area contributed by atoms with Crippen LogP contribution in [-0.2, 0) is 14.3 Å². The number of benzene rings is 1. The first-order valence-electron chi connectivity index (χ1n) is 5.37. The largest absolute Gasteiger partial charge is 0.490 e. The van der Waals surface area contributed by atoms with Gasteiger partial charge in [-0.25, -0.2) is 0 Å². The molecule has 1 aromatic rings. The molecule has 1 atom stereocenters. The van der Waals surface area contributed by atoms with Gasteiger partial charge in [0.15, 0.2) is 0 Å². The molecule has 0 saturated heterocycles. The summed E-state index contributed by atoms with van der Waals surface area (Å²) in [7, 11) is -3.43. The minimum absolute atomic E-state index is 0.207. The summed E-state index contributed by atoms with van der Waals surface area (Å²) in [6, 6.07) is 5.85. The van der Waals surface area contributed by atoms with Gasteiger partial charge in [-0.2, -0.15) is 8.42 Å². The van der Waals surface area contributed by atoms with E-state index in [1.54, 1.807) is 6.92 Å². The van der Waals surface area contributed by atoms with Gasteiger partial charge in [0.2, 0.25) is 0 Å². The summed E-state index contributed by atoms with van der Waals surface area (Å²) in [5.41, 5.74) is 2.05. The molecule has 1 unspecified atom stereocenters. The lowest BCUT2D eigenvalue weighted by molar-refractivity contribution is 0.149. The van der Waals surface area contributed by atoms with Crippen LogP contribution in [0, 0.1) is 13.8 Å². The average molecular weight is 258 g/mol. The number of aryl methyl sites for hydroxylation is 2. The Kier molecular flexibility index (Phi) is 4.54. The molecule has 0 aromatic heterocycles. The first kappa shape index (κ1) is 14.0. The van der Waals surface area contributed by atoms with Crippen LogP contribution in [0.4, 0.5) is 0 Å². The smallest absolute Gasteiger partial charge is 0.264 e. The highest BCUT2D eigenvalue weighted by Gasteiger charge is 2.12. The van der Waals surface area contributed by atoms with Crippen LogP contribution < -0.4 is 4.74 Å². The lowest BCUT2D eigenvalue weighted by atomic mass is 10.1. The molecule has 0 radical (unpaired) electrons. The van der Waals surface area contributed by atoms with Crippen molar-refractivity contribution in [3.8, 4) is 5.75 Å². The molecule has 0 amide bonds. The molecule has 1 rings (SSSR count). The van der Waals surface area contributed by atoms with Gasteiger partial charge in [-0.3, -0.25) is 4.18 Å². The monoisotopic (exact) mass is 258 g/mol. The van der Waals surface area contributed by atoms with Crippen LogP contribution in [-0.4, -0.2) is 27.4 Å². The Morgan fingerprint density at radius 3 is 2.24 bits per heavy atom. The zero-order chi connectivity index (χ0) is 13.1. The van der Waals surface area contributed by atoms with E-state index >= 15 is 0 Å². The molecule has 0 heterocycles. The maximum atomic E-state index is 10.9. The van der Waals surface area contributed by atoms with E-state index in [0.29, 0.717) is 0 Å². The highest BCUT2D eigenvalue weighted by molar-refractivity contribution is 7.86. The van der Waals surface area contributed by atoms with Crippen LogP contribution in [0.15, 0.2) is 18.2 Å². The van der Waals surface area contributed by atoms with Crippen molar-refractivity contribution in [3.05, 3.63) is 29.3 Å². The maximum absolute atomic E-state index is 10.9. The number of rotatable bonds is 5. The molecule has 0 fully saturated rings. The normalized spacial score (nSPS) is 13.4. The Hall–Kier alpha value is -1.07. The molecule has 0 saturated carbocycles. The highest BCUT2D eigenvalue weighted by Crippen LogP contribution is 2.22. The lowest BCUT2D eigenvalue weighted by Crippen LogP contribution is -2.21. The Labute approximate surface area is 103 Å². The number of hydrogen-bond acceptors (Lipinski definition) is 4. The minimum atomic E-state index is -3.43. The van der Waals surface area contributed by atoms with E-state index in [-0.39, 0.29) is 6.61 Å². The van der Waals surface area contributed by atoms with E-state index in [2.05, 4.69) is 0 Å². The SMILES string of the molecule is Cc1cccc(C)c1OCC(C)OS(C)(=O)=O. The molecule has 96 valence electrons. The van der Waals surface area contributed by atoms with E-state index < -0.39 is 16.2 Å². The fourth-order valence-corrected chi connectivity index (χ4v) is 2.21. The highest BCUT2D eigenvalue weighted by atomic mass is 32.2. The number of para-hydroxylation sites is 1. The third kappa shape index (κ3) is 4.75. The van der Waals surface area contributed by atoms with Crippen molar-refractivity contribution >= 4 is 10.1 Å². The predicted molar refractivity (Wildman–Crippen MR) is 66.8 cm³/mol. The molecule has 0 aliphatic heterocycles. The van der Waals surface area contributed by atoms with Crippen molar-refractivity contribution in [2.75, 3.05) is 12.9 Å². The van der Waals surface area contributed by atoms with Gasteiger partial charge in [-0.1, -0.05) is 18.2 Å². The third-order valence-electron chi connectivity index (χ3n) is 2.21. The Balaban J connectivity index is 2.62. The van der Waals surface area contributed by atoms with Crippen molar-refractivity contribution in [1.82, 2.24) is 0 Å². The van der Waals surface area contributed by atoms with Crippen LogP contribution in [0.25, 0.3) is 0 Å². The molecule has 0 N–H and O–H groups in total. The van der Waals surface area contributed by atoms with Crippen molar-refractivity contribution < 1.29 is 17.3 Å². The molecule has 5 heteroatoms. The summed E-state index contributed by atoms with van der Waals surface area (Å²) in [5, 5.41) is 0. The third-order valence-corrected chi connectivity index (χ3v) is 2.89. The van der Waals surface area contributed by atoms with Gasteiger partial charge >= 0.3 is 0 Å². The quantitative estimate of drug-likeness (QED) is 0.758. The topological polar surface area (TPSA) is 52.6 Å². The van der Waals surface area contributed by atoms with Gasteiger partial charge in [0.1, 0.15) is 18.5 Å². The summed E-state index contributed by atoms with van der Waals surface area (Å²) in [6.07, 6.45) is 0.534. The first-order chi connectivity index (χ1) is 7.79. The van der Waals surface area contributed by atoms with Gasteiger partial charge < -0.3 is 4.74 Å². The van der Waals surface area contributed by atoms with Crippen LogP contribution in [0.2, 0.25) is 0 Å². The zero-order valence-electron chi connectivity index (χ0n) is 10.6. The number of hydrogen-bond donors (Lipinski definition) is 0. The Morgan fingerprint density at radius 1 is 1.24 bits per heavy atom. The van der Waals surface area contributed by atoms with E-state index in [9.17, 15) is 8.42 Å². The summed E-state index contributed by atoms with van der Waals surface area (Å²) in [6.45, 7) is 5.77. The van der Waals surface area contributed by atoms with E-state index in [0.717, 1.165) is 23.1 Å². The van der Waals surface area contributed by atoms with Crippen molar-refractivity contribution in [3.63, 3.8) is 0 Å². The van der Waals surface area contributed by atoms with Gasteiger partial charge in [-0.05, 0) is 31.9 Å². The van der Waals surface area contributed by atoms with E-state index in [1.807, 2.05) is 32.0 Å². The molecule has 4 nitrogen and oxygen atoms in total. The zero-order valence-corrected chi connectivity index (χ0v) is 11.4. The Morgan fingerprint density at radius 2 is 1.76 bits per heavy atom. The van der Waals surface area contributed by atoms with Crippen molar-refractivity contribution in [2.45, 2.75) is 26.9 Å². The molecular weight excluding hydrogens is 240 g/mol. The van der Waals surface area contributed by atoms with Crippen LogP contribution in [0.3, 0.4) is 0 Å². The fraction of sp³-hybridized carbons (Fsp3) is 0.500. The Bertz CT molecular complexity index is 459. The molecule has 0 bridgehead atoms. The van der Waals surface area contributed by atoms with Gasteiger partial charge in [0, 0.05) is 0 Å². The summed E-state index contributed by atoms with van der Waals surface area (Å²) < 4.78 is 32.2. The van der Waals surface area contributed by atoms with Gasteiger partial charge in [0.05, 0.1) is 6.26 Å². The molecule has 1 aromatic carbocycles. The predicted octanol–water partition coefficient (Wildman–Crippen LogP) is 2.05. The summed E-state index contributed by atoms with van der Waals surface area (Å²) in [5.74, 6) is 0.788. The number of ether oxygens (including phenoxy) is 1.